The molecule has 0 bridgehead atoms. The SMILES string of the molecule is Cc1ccccc1S(=O)(=O)NC(CC(C)C)C(=O)O.c1cnc2c(c1)ccc1cccnc12. The Bertz CT molecular complexity index is 1320. The molecule has 2 aromatic heterocycles. The van der Waals surface area contributed by atoms with Crippen molar-refractivity contribution in [1.29, 1.82) is 0 Å². The average molecular weight is 466 g/mol. The van der Waals surface area contributed by atoms with Crippen LogP contribution in [0.4, 0.5) is 0 Å². The van der Waals surface area contributed by atoms with Crippen LogP contribution < -0.4 is 4.72 Å². The number of aryl methyl sites for hydroxylation is 1. The molecule has 0 aliphatic carbocycles. The lowest BCUT2D eigenvalue weighted by molar-refractivity contribution is -0.139. The smallest absolute Gasteiger partial charge is 0.321 e. The van der Waals surface area contributed by atoms with Crippen LogP contribution in [-0.4, -0.2) is 35.5 Å². The molecule has 0 spiro atoms. The van der Waals surface area contributed by atoms with Crippen molar-refractivity contribution in [3.63, 3.8) is 0 Å². The minimum atomic E-state index is -3.81. The zero-order valence-electron chi connectivity index (χ0n) is 18.8. The largest absolute Gasteiger partial charge is 0.480 e. The van der Waals surface area contributed by atoms with Gasteiger partial charge in [0.25, 0.3) is 0 Å². The Kier molecular flexibility index (Phi) is 7.73. The summed E-state index contributed by atoms with van der Waals surface area (Å²) >= 11 is 0. The molecule has 0 aliphatic heterocycles. The van der Waals surface area contributed by atoms with E-state index >= 15 is 0 Å². The lowest BCUT2D eigenvalue weighted by atomic mass is 10.1. The van der Waals surface area contributed by atoms with Gasteiger partial charge in [-0.15, -0.1) is 0 Å². The normalized spacial score (nSPS) is 12.4. The van der Waals surface area contributed by atoms with Crippen molar-refractivity contribution in [2.75, 3.05) is 0 Å². The lowest BCUT2D eigenvalue weighted by Crippen LogP contribution is -2.41. The number of nitrogens with one attached hydrogen (secondary N) is 1. The third-order valence-electron chi connectivity index (χ3n) is 5.03. The summed E-state index contributed by atoms with van der Waals surface area (Å²) < 4.78 is 26.6. The zero-order chi connectivity index (χ0) is 24.0. The average Bonchev–Trinajstić information content (AvgIpc) is 2.78. The molecule has 172 valence electrons. The first-order chi connectivity index (χ1) is 15.7. The third kappa shape index (κ3) is 6.12. The number of carboxylic acid groups (broad SMARTS) is 1. The van der Waals surface area contributed by atoms with Gasteiger partial charge in [0, 0.05) is 23.2 Å². The Hall–Kier alpha value is -3.36. The second kappa shape index (κ2) is 10.5. The van der Waals surface area contributed by atoms with E-state index in [1.807, 2.05) is 26.0 Å². The lowest BCUT2D eigenvalue weighted by Gasteiger charge is -2.17. The maximum Gasteiger partial charge on any atom is 0.321 e. The molecule has 4 aromatic rings. The number of aliphatic carboxylic acids is 1. The summed E-state index contributed by atoms with van der Waals surface area (Å²) in [6.07, 6.45) is 3.85. The second-order valence-corrected chi connectivity index (χ2v) is 9.81. The molecule has 2 aromatic carbocycles. The number of hydrogen-bond acceptors (Lipinski definition) is 5. The summed E-state index contributed by atoms with van der Waals surface area (Å²) in [4.78, 5) is 19.9. The molecule has 7 nitrogen and oxygen atoms in total. The number of hydrogen-bond donors (Lipinski definition) is 2. The molecule has 2 N–H and O–H groups in total. The molecule has 0 saturated carbocycles. The monoisotopic (exact) mass is 465 g/mol. The fourth-order valence-corrected chi connectivity index (χ4v) is 4.91. The van der Waals surface area contributed by atoms with E-state index in [-0.39, 0.29) is 17.2 Å². The number of aromatic nitrogens is 2. The predicted molar refractivity (Wildman–Crippen MR) is 129 cm³/mol. The maximum absolute atomic E-state index is 12.2. The first-order valence-electron chi connectivity index (χ1n) is 10.6. The Morgan fingerprint density at radius 3 is 1.94 bits per heavy atom. The van der Waals surface area contributed by atoms with Crippen LogP contribution in [0.3, 0.4) is 0 Å². The number of pyridine rings is 2. The van der Waals surface area contributed by atoms with Crippen molar-refractivity contribution in [2.45, 2.75) is 38.1 Å². The second-order valence-electron chi connectivity index (χ2n) is 8.12. The minimum Gasteiger partial charge on any atom is -0.480 e. The standard InChI is InChI=1S/C13H19NO4S.C12H8N2/c1-9(2)8-11(13(15)16)14-19(17,18)12-7-5-4-6-10(12)3;1-3-9-5-6-10-4-2-8-14-12(10)11(9)13-7-1/h4-7,9,11,14H,8H2,1-3H3,(H,15,16);1-8H. The first-order valence-corrected chi connectivity index (χ1v) is 12.1. The Morgan fingerprint density at radius 2 is 1.45 bits per heavy atom. The quantitative estimate of drug-likeness (QED) is 0.404. The molecule has 0 amide bonds. The Morgan fingerprint density at radius 1 is 0.909 bits per heavy atom. The highest BCUT2D eigenvalue weighted by atomic mass is 32.2. The zero-order valence-corrected chi connectivity index (χ0v) is 19.6. The van der Waals surface area contributed by atoms with Crippen LogP contribution in [-0.2, 0) is 14.8 Å². The summed E-state index contributed by atoms with van der Waals surface area (Å²) in [5.74, 6) is -1.08. The van der Waals surface area contributed by atoms with Gasteiger partial charge < -0.3 is 5.11 Å². The van der Waals surface area contributed by atoms with Crippen LogP contribution >= 0.6 is 0 Å². The molecule has 0 saturated heterocycles. The molecule has 2 heterocycles. The summed E-state index contributed by atoms with van der Waals surface area (Å²) in [6, 6.07) is 17.5. The topological polar surface area (TPSA) is 109 Å². The van der Waals surface area contributed by atoms with Crippen LogP contribution in [0.5, 0.6) is 0 Å². The van der Waals surface area contributed by atoms with E-state index in [0.29, 0.717) is 5.56 Å². The first kappa shape index (κ1) is 24.3. The van der Waals surface area contributed by atoms with E-state index in [9.17, 15) is 13.2 Å². The number of sulfonamides is 1. The molecule has 1 unspecified atom stereocenters. The Balaban J connectivity index is 0.000000192. The van der Waals surface area contributed by atoms with Crippen LogP contribution in [0.1, 0.15) is 25.8 Å². The van der Waals surface area contributed by atoms with Gasteiger partial charge in [-0.2, -0.15) is 4.72 Å². The Labute approximate surface area is 193 Å². The number of carbonyl (C=O) groups is 1. The van der Waals surface area contributed by atoms with Gasteiger partial charge in [-0.05, 0) is 43.0 Å². The molecule has 33 heavy (non-hydrogen) atoms. The van der Waals surface area contributed by atoms with Gasteiger partial charge in [0.2, 0.25) is 10.0 Å². The molecule has 8 heteroatoms. The van der Waals surface area contributed by atoms with Gasteiger partial charge in [0.15, 0.2) is 0 Å². The van der Waals surface area contributed by atoms with Crippen LogP contribution in [0.15, 0.2) is 78.0 Å². The number of carboxylic acids is 1. The van der Waals surface area contributed by atoms with Crippen molar-refractivity contribution in [1.82, 2.24) is 14.7 Å². The summed E-state index contributed by atoms with van der Waals surface area (Å²) in [5.41, 5.74) is 2.54. The van der Waals surface area contributed by atoms with Gasteiger partial charge >= 0.3 is 5.97 Å². The highest BCUT2D eigenvalue weighted by Crippen LogP contribution is 2.20. The summed E-state index contributed by atoms with van der Waals surface area (Å²) in [5, 5.41) is 11.4. The van der Waals surface area contributed by atoms with Gasteiger partial charge in [0.1, 0.15) is 6.04 Å². The summed E-state index contributed by atoms with van der Waals surface area (Å²) in [7, 11) is -3.81. The van der Waals surface area contributed by atoms with E-state index in [1.165, 1.54) is 6.07 Å². The maximum atomic E-state index is 12.2. The van der Waals surface area contributed by atoms with Crippen molar-refractivity contribution >= 4 is 37.8 Å². The van der Waals surface area contributed by atoms with Crippen LogP contribution in [0, 0.1) is 12.8 Å². The fraction of sp³-hybridized carbons (Fsp3) is 0.240. The molecular formula is C25H27N3O4S. The van der Waals surface area contributed by atoms with Gasteiger partial charge in [-0.25, -0.2) is 8.42 Å². The number of fused-ring (bicyclic) bond motifs is 3. The number of nitrogens with zero attached hydrogens (tertiary/aromatic N) is 2. The molecule has 1 atom stereocenters. The van der Waals surface area contributed by atoms with Gasteiger partial charge in [-0.1, -0.05) is 56.3 Å². The predicted octanol–water partition coefficient (Wildman–Crippen LogP) is 4.56. The van der Waals surface area contributed by atoms with Crippen molar-refractivity contribution in [2.24, 2.45) is 5.92 Å². The summed E-state index contributed by atoms with van der Waals surface area (Å²) in [6.45, 7) is 5.36. The molecular weight excluding hydrogens is 438 g/mol. The van der Waals surface area contributed by atoms with E-state index in [0.717, 1.165) is 21.8 Å². The number of benzene rings is 2. The van der Waals surface area contributed by atoms with Crippen molar-refractivity contribution in [3.8, 4) is 0 Å². The van der Waals surface area contributed by atoms with E-state index in [1.54, 1.807) is 37.5 Å². The van der Waals surface area contributed by atoms with Crippen molar-refractivity contribution in [3.05, 3.63) is 78.6 Å². The van der Waals surface area contributed by atoms with E-state index in [2.05, 4.69) is 39.0 Å². The fourth-order valence-electron chi connectivity index (χ4n) is 3.46. The minimum absolute atomic E-state index is 0.0840. The van der Waals surface area contributed by atoms with E-state index in [4.69, 9.17) is 5.11 Å². The van der Waals surface area contributed by atoms with Crippen LogP contribution in [0.25, 0.3) is 21.8 Å². The molecule has 0 radical (unpaired) electrons. The third-order valence-corrected chi connectivity index (χ3v) is 6.66. The highest BCUT2D eigenvalue weighted by molar-refractivity contribution is 7.89. The van der Waals surface area contributed by atoms with Crippen molar-refractivity contribution < 1.29 is 18.3 Å². The number of rotatable bonds is 6. The molecule has 4 rings (SSSR count). The molecule has 0 aliphatic rings. The van der Waals surface area contributed by atoms with Gasteiger partial charge in [0.05, 0.1) is 15.9 Å². The van der Waals surface area contributed by atoms with Crippen LogP contribution in [0.2, 0.25) is 0 Å². The molecule has 0 fully saturated rings. The van der Waals surface area contributed by atoms with Gasteiger partial charge in [-0.3, -0.25) is 14.8 Å². The highest BCUT2D eigenvalue weighted by Gasteiger charge is 2.26. The van der Waals surface area contributed by atoms with E-state index < -0.39 is 22.0 Å².